The van der Waals surface area contributed by atoms with Crippen molar-refractivity contribution < 1.29 is 40.6 Å². The van der Waals surface area contributed by atoms with Gasteiger partial charge < -0.3 is 9.47 Å². The van der Waals surface area contributed by atoms with Crippen LogP contribution in [0.3, 0.4) is 0 Å². The Morgan fingerprint density at radius 1 is 1.13 bits per heavy atom. The number of carbonyl (C=O) groups excluding carboxylic acids is 1. The van der Waals surface area contributed by atoms with E-state index in [2.05, 4.69) is 4.74 Å². The summed E-state index contributed by atoms with van der Waals surface area (Å²) in [6.07, 6.45) is -5.04. The number of alkyl halides is 7. The first-order valence-electron chi connectivity index (χ1n) is 9.00. The molecule has 0 fully saturated rings. The molecule has 0 aliphatic carbocycles. The molecule has 0 aromatic heterocycles. The zero-order valence-corrected chi connectivity index (χ0v) is 18.9. The number of hydrogen-bond acceptors (Lipinski definition) is 3. The van der Waals surface area contributed by atoms with E-state index in [0.29, 0.717) is 0 Å². The molecule has 0 heterocycles. The van der Waals surface area contributed by atoms with Crippen molar-refractivity contribution in [3.63, 3.8) is 0 Å². The molecule has 0 saturated carbocycles. The molecule has 3 unspecified atom stereocenters. The van der Waals surface area contributed by atoms with Crippen molar-refractivity contribution in [1.82, 2.24) is 0 Å². The minimum atomic E-state index is -5.61. The molecule has 0 aliphatic rings. The summed E-state index contributed by atoms with van der Waals surface area (Å²) in [5, 5.41) is -4.50. The van der Waals surface area contributed by atoms with Crippen LogP contribution in [-0.2, 0) is 20.3 Å². The van der Waals surface area contributed by atoms with Gasteiger partial charge in [0.1, 0.15) is 0 Å². The molecule has 12 heteroatoms. The summed E-state index contributed by atoms with van der Waals surface area (Å²) >= 11 is 10.5. The van der Waals surface area contributed by atoms with Gasteiger partial charge >= 0.3 is 22.8 Å². The number of carbonyl (C=O) groups is 1. The third kappa shape index (κ3) is 7.32. The van der Waals surface area contributed by atoms with Crippen LogP contribution < -0.4 is 0 Å². The van der Waals surface area contributed by atoms with E-state index in [9.17, 15) is 31.1 Å². The van der Waals surface area contributed by atoms with Crippen LogP contribution in [-0.4, -0.2) is 49.7 Å². The van der Waals surface area contributed by atoms with Crippen LogP contribution in [0.15, 0.2) is 30.3 Å². The van der Waals surface area contributed by atoms with Gasteiger partial charge in [-0.2, -0.15) is 24.3 Å². The smallest absolute Gasteiger partial charge is 0.367 e. The Labute approximate surface area is 181 Å². The molecular formula is C18H22Cl2F6O3Si. The number of esters is 1. The monoisotopic (exact) mass is 498 g/mol. The molecule has 3 atom stereocenters. The van der Waals surface area contributed by atoms with Crippen LogP contribution in [0.2, 0.25) is 0 Å². The van der Waals surface area contributed by atoms with Gasteiger partial charge in [0.25, 0.3) is 6.17 Å². The van der Waals surface area contributed by atoms with Gasteiger partial charge in [0, 0.05) is 13.0 Å². The topological polar surface area (TPSA) is 35.5 Å². The standard InChI is InChI=1S/C18H22Cl2F6O3Si/c1-12(2)28-10-6-9-14(27)29-17(19,24)15(21)16(22,23)18(25,26)30(20)11-13-7-4-3-5-8-13/h3-5,7-8,12,15,30H,6,9-11H2,1-2H3. The van der Waals surface area contributed by atoms with Crippen molar-refractivity contribution in [3.8, 4) is 0 Å². The van der Waals surface area contributed by atoms with Crippen LogP contribution in [0, 0.1) is 0 Å². The number of ether oxygens (including phenoxy) is 2. The molecule has 0 saturated heterocycles. The van der Waals surface area contributed by atoms with E-state index in [1.807, 2.05) is 0 Å². The zero-order valence-electron chi connectivity index (χ0n) is 16.2. The van der Waals surface area contributed by atoms with Crippen molar-refractivity contribution >= 4 is 36.8 Å². The molecule has 172 valence electrons. The van der Waals surface area contributed by atoms with E-state index in [-0.39, 0.29) is 24.7 Å². The highest BCUT2D eigenvalue weighted by atomic mass is 35.6. The van der Waals surface area contributed by atoms with E-state index >= 15 is 0 Å². The lowest BCUT2D eigenvalue weighted by molar-refractivity contribution is -0.251. The molecule has 1 rings (SSSR count). The highest BCUT2D eigenvalue weighted by Crippen LogP contribution is 2.47. The van der Waals surface area contributed by atoms with Crippen LogP contribution in [0.4, 0.5) is 26.3 Å². The summed E-state index contributed by atoms with van der Waals surface area (Å²) in [6.45, 7) is 3.48. The van der Waals surface area contributed by atoms with E-state index in [4.69, 9.17) is 27.4 Å². The van der Waals surface area contributed by atoms with E-state index in [0.717, 1.165) is 0 Å². The lowest BCUT2D eigenvalue weighted by Gasteiger charge is -2.34. The minimum Gasteiger partial charge on any atom is -0.412 e. The second-order valence-electron chi connectivity index (χ2n) is 6.82. The Morgan fingerprint density at radius 3 is 2.23 bits per heavy atom. The van der Waals surface area contributed by atoms with Crippen LogP contribution in [0.5, 0.6) is 0 Å². The normalized spacial score (nSPS) is 16.8. The molecule has 0 amide bonds. The fourth-order valence-corrected chi connectivity index (χ4v) is 5.03. The Morgan fingerprint density at radius 2 is 1.70 bits per heavy atom. The van der Waals surface area contributed by atoms with E-state index < -0.39 is 49.5 Å². The summed E-state index contributed by atoms with van der Waals surface area (Å²) in [7, 11) is -4.19. The molecular weight excluding hydrogens is 477 g/mol. The van der Waals surface area contributed by atoms with Gasteiger partial charge in [-0.25, -0.2) is 13.2 Å². The third-order valence-corrected chi connectivity index (χ3v) is 7.49. The number of hydrogen-bond donors (Lipinski definition) is 0. The van der Waals surface area contributed by atoms with Gasteiger partial charge in [0.15, 0.2) is 0 Å². The molecule has 1 aromatic rings. The van der Waals surface area contributed by atoms with Gasteiger partial charge in [0.2, 0.25) is 8.11 Å². The Balaban J connectivity index is 2.80. The largest absolute Gasteiger partial charge is 0.412 e. The molecule has 30 heavy (non-hydrogen) atoms. The third-order valence-electron chi connectivity index (χ3n) is 3.94. The van der Waals surface area contributed by atoms with Gasteiger partial charge in [-0.1, -0.05) is 30.3 Å². The average Bonchev–Trinajstić information content (AvgIpc) is 2.64. The molecule has 0 N–H and O–H groups in total. The Kier molecular flexibility index (Phi) is 9.98. The SMILES string of the molecule is CC(C)OCCCC(=O)OC(F)(Cl)C(F)C(F)(F)C(F)(F)[SiH](Cl)Cc1ccccc1. The number of halogens is 8. The van der Waals surface area contributed by atoms with Gasteiger partial charge in [-0.15, -0.1) is 0 Å². The lowest BCUT2D eigenvalue weighted by Crippen LogP contribution is -2.60. The van der Waals surface area contributed by atoms with Crippen LogP contribution >= 0.6 is 22.7 Å². The first-order chi connectivity index (χ1) is 13.7. The summed E-state index contributed by atoms with van der Waals surface area (Å²) < 4.78 is 94.2. The second-order valence-corrected chi connectivity index (χ2v) is 11.0. The number of benzene rings is 1. The average molecular weight is 499 g/mol. The van der Waals surface area contributed by atoms with Gasteiger partial charge in [-0.3, -0.25) is 4.79 Å². The van der Waals surface area contributed by atoms with Crippen LogP contribution in [0.25, 0.3) is 0 Å². The van der Waals surface area contributed by atoms with Crippen molar-refractivity contribution in [1.29, 1.82) is 0 Å². The maximum absolute atomic E-state index is 14.3. The number of rotatable bonds is 12. The summed E-state index contributed by atoms with van der Waals surface area (Å²) in [5.74, 6) is -7.09. The molecule has 3 nitrogen and oxygen atoms in total. The van der Waals surface area contributed by atoms with Crippen molar-refractivity contribution in [2.75, 3.05) is 6.61 Å². The maximum Gasteiger partial charge on any atom is 0.367 e. The summed E-state index contributed by atoms with van der Waals surface area (Å²) in [6, 6.07) is 6.70. The van der Waals surface area contributed by atoms with Crippen molar-refractivity contribution in [2.45, 2.75) is 61.8 Å². The summed E-state index contributed by atoms with van der Waals surface area (Å²) in [5.41, 5.74) is -4.84. The van der Waals surface area contributed by atoms with E-state index in [1.54, 1.807) is 19.9 Å². The lowest BCUT2D eigenvalue weighted by atomic mass is 10.2. The molecule has 0 radical (unpaired) electrons. The van der Waals surface area contributed by atoms with Gasteiger partial charge in [0.05, 0.1) is 6.10 Å². The first kappa shape index (κ1) is 27.1. The summed E-state index contributed by atoms with van der Waals surface area (Å²) in [4.78, 5) is 11.5. The second kappa shape index (κ2) is 11.1. The Bertz CT molecular complexity index is 679. The predicted molar refractivity (Wildman–Crippen MR) is 104 cm³/mol. The molecule has 0 aliphatic heterocycles. The molecule has 1 aromatic carbocycles. The minimum absolute atomic E-state index is 0.00122. The first-order valence-corrected chi connectivity index (χ1v) is 12.5. The fourth-order valence-electron chi connectivity index (χ4n) is 2.33. The van der Waals surface area contributed by atoms with E-state index in [1.165, 1.54) is 24.3 Å². The van der Waals surface area contributed by atoms with Crippen molar-refractivity contribution in [2.24, 2.45) is 0 Å². The highest BCUT2D eigenvalue weighted by Gasteiger charge is 2.71. The predicted octanol–water partition coefficient (Wildman–Crippen LogP) is 5.49. The zero-order chi connectivity index (χ0) is 23.2. The maximum atomic E-state index is 14.3. The quantitative estimate of drug-likeness (QED) is 0.0954. The van der Waals surface area contributed by atoms with Crippen LogP contribution in [0.1, 0.15) is 32.3 Å². The van der Waals surface area contributed by atoms with Gasteiger partial charge in [-0.05, 0) is 43.5 Å². The highest BCUT2D eigenvalue weighted by molar-refractivity contribution is 7.08. The molecule has 0 bridgehead atoms. The van der Waals surface area contributed by atoms with Crippen molar-refractivity contribution in [3.05, 3.63) is 35.9 Å². The molecule has 0 spiro atoms. The Hall–Kier alpha value is -0.973. The fraction of sp³-hybridized carbons (Fsp3) is 0.611.